The molecule has 1 amide bonds. The smallest absolute Gasteiger partial charge is 0.266 e. The molecular formula is C16H20N4O2S. The zero-order chi connectivity index (χ0) is 16.2. The van der Waals surface area contributed by atoms with Crippen molar-refractivity contribution in [2.45, 2.75) is 19.4 Å². The number of nitrogens with one attached hydrogen (secondary N) is 1. The standard InChI is InChI=1S/C16H20N4O2S/c1-19-15(21)5-4-14(18-19)20-8-6-12(7-9-20)16(22)17-11-13-3-2-10-23-13/h2-5,10,12H,6-9,11H2,1H3,(H,17,22). The third-order valence-electron chi connectivity index (χ3n) is 4.15. The number of nitrogens with zero attached hydrogens (tertiary/aromatic N) is 3. The van der Waals surface area contributed by atoms with Gasteiger partial charge < -0.3 is 10.2 Å². The van der Waals surface area contributed by atoms with Gasteiger partial charge in [-0.2, -0.15) is 5.10 Å². The number of carbonyl (C=O) groups is 1. The molecule has 2 aromatic heterocycles. The summed E-state index contributed by atoms with van der Waals surface area (Å²) in [5, 5.41) is 9.30. The van der Waals surface area contributed by atoms with Crippen LogP contribution in [0.1, 0.15) is 17.7 Å². The van der Waals surface area contributed by atoms with Gasteiger partial charge in [0.25, 0.3) is 5.56 Å². The van der Waals surface area contributed by atoms with E-state index in [-0.39, 0.29) is 17.4 Å². The highest BCUT2D eigenvalue weighted by molar-refractivity contribution is 7.09. The second kappa shape index (κ2) is 6.95. The maximum Gasteiger partial charge on any atom is 0.266 e. The molecule has 0 bridgehead atoms. The van der Waals surface area contributed by atoms with E-state index in [2.05, 4.69) is 15.3 Å². The Morgan fingerprint density at radius 3 is 2.78 bits per heavy atom. The van der Waals surface area contributed by atoms with Crippen LogP contribution in [0.2, 0.25) is 0 Å². The third kappa shape index (κ3) is 3.79. The van der Waals surface area contributed by atoms with Crippen molar-refractivity contribution in [2.24, 2.45) is 13.0 Å². The first kappa shape index (κ1) is 15.7. The second-order valence-electron chi connectivity index (χ2n) is 5.71. The SMILES string of the molecule is Cn1nc(N2CCC(C(=O)NCc3cccs3)CC2)ccc1=O. The molecule has 1 aliphatic rings. The molecule has 3 heterocycles. The van der Waals surface area contributed by atoms with Crippen LogP contribution in [0.3, 0.4) is 0 Å². The Morgan fingerprint density at radius 2 is 2.13 bits per heavy atom. The Labute approximate surface area is 138 Å². The third-order valence-corrected chi connectivity index (χ3v) is 5.03. The normalized spacial score (nSPS) is 15.6. The molecule has 0 saturated carbocycles. The molecule has 6 nitrogen and oxygen atoms in total. The average Bonchev–Trinajstić information content (AvgIpc) is 3.09. The van der Waals surface area contributed by atoms with Crippen LogP contribution in [0, 0.1) is 5.92 Å². The molecule has 1 saturated heterocycles. The summed E-state index contributed by atoms with van der Waals surface area (Å²) in [6.45, 7) is 2.17. The zero-order valence-electron chi connectivity index (χ0n) is 13.1. The van der Waals surface area contributed by atoms with Gasteiger partial charge in [-0.25, -0.2) is 4.68 Å². The lowest BCUT2D eigenvalue weighted by Crippen LogP contribution is -2.41. The molecule has 0 aliphatic carbocycles. The minimum absolute atomic E-state index is 0.0544. The van der Waals surface area contributed by atoms with Crippen LogP contribution in [0.5, 0.6) is 0 Å². The predicted octanol–water partition coefficient (Wildman–Crippen LogP) is 1.37. The number of aryl methyl sites for hydroxylation is 1. The van der Waals surface area contributed by atoms with E-state index in [0.717, 1.165) is 31.7 Å². The Hall–Kier alpha value is -2.15. The fourth-order valence-corrected chi connectivity index (χ4v) is 3.41. The van der Waals surface area contributed by atoms with E-state index in [1.54, 1.807) is 24.5 Å². The Morgan fingerprint density at radius 1 is 1.35 bits per heavy atom. The molecule has 23 heavy (non-hydrogen) atoms. The largest absolute Gasteiger partial charge is 0.355 e. The van der Waals surface area contributed by atoms with Crippen molar-refractivity contribution in [1.29, 1.82) is 0 Å². The molecule has 3 rings (SSSR count). The first-order chi connectivity index (χ1) is 11.1. The van der Waals surface area contributed by atoms with E-state index in [1.165, 1.54) is 15.6 Å². The maximum absolute atomic E-state index is 12.2. The van der Waals surface area contributed by atoms with E-state index in [1.807, 2.05) is 17.5 Å². The van der Waals surface area contributed by atoms with Crippen molar-refractivity contribution >= 4 is 23.1 Å². The molecule has 0 spiro atoms. The summed E-state index contributed by atoms with van der Waals surface area (Å²) in [5.74, 6) is 0.981. The number of anilines is 1. The van der Waals surface area contributed by atoms with E-state index in [0.29, 0.717) is 6.54 Å². The summed E-state index contributed by atoms with van der Waals surface area (Å²) in [6, 6.07) is 7.30. The van der Waals surface area contributed by atoms with Crippen molar-refractivity contribution in [1.82, 2.24) is 15.1 Å². The quantitative estimate of drug-likeness (QED) is 0.918. The first-order valence-electron chi connectivity index (χ1n) is 7.73. The fraction of sp³-hybridized carbons (Fsp3) is 0.438. The summed E-state index contributed by atoms with van der Waals surface area (Å²) >= 11 is 1.65. The van der Waals surface area contributed by atoms with Gasteiger partial charge in [-0.05, 0) is 30.4 Å². The molecule has 1 aliphatic heterocycles. The molecule has 122 valence electrons. The van der Waals surface area contributed by atoms with Crippen LogP contribution >= 0.6 is 11.3 Å². The van der Waals surface area contributed by atoms with Gasteiger partial charge >= 0.3 is 0 Å². The number of hydrogen-bond acceptors (Lipinski definition) is 5. The molecule has 0 atom stereocenters. The minimum atomic E-state index is -0.114. The number of piperidine rings is 1. The van der Waals surface area contributed by atoms with Crippen LogP contribution < -0.4 is 15.8 Å². The highest BCUT2D eigenvalue weighted by Gasteiger charge is 2.25. The minimum Gasteiger partial charge on any atom is -0.355 e. The van der Waals surface area contributed by atoms with E-state index < -0.39 is 0 Å². The summed E-state index contributed by atoms with van der Waals surface area (Å²) in [5.41, 5.74) is -0.114. The Balaban J connectivity index is 1.52. The molecule has 0 radical (unpaired) electrons. The topological polar surface area (TPSA) is 67.2 Å². The molecule has 0 aromatic carbocycles. The van der Waals surface area contributed by atoms with Crippen LogP contribution in [0.25, 0.3) is 0 Å². The summed E-state index contributed by atoms with van der Waals surface area (Å²) in [4.78, 5) is 26.9. The zero-order valence-corrected chi connectivity index (χ0v) is 13.9. The van der Waals surface area contributed by atoms with Crippen molar-refractivity contribution in [3.05, 3.63) is 44.9 Å². The van der Waals surface area contributed by atoms with Crippen molar-refractivity contribution in [3.63, 3.8) is 0 Å². The predicted molar refractivity (Wildman–Crippen MR) is 90.6 cm³/mol. The monoisotopic (exact) mass is 332 g/mol. The van der Waals surface area contributed by atoms with Gasteiger partial charge in [-0.15, -0.1) is 11.3 Å². The van der Waals surface area contributed by atoms with Crippen molar-refractivity contribution < 1.29 is 4.79 Å². The van der Waals surface area contributed by atoms with Gasteiger partial charge in [0, 0.05) is 37.0 Å². The van der Waals surface area contributed by atoms with Crippen molar-refractivity contribution in [3.8, 4) is 0 Å². The molecule has 2 aromatic rings. The van der Waals surface area contributed by atoms with Crippen LogP contribution in [-0.4, -0.2) is 28.8 Å². The van der Waals surface area contributed by atoms with Gasteiger partial charge in [-0.1, -0.05) is 6.07 Å². The van der Waals surface area contributed by atoms with E-state index in [4.69, 9.17) is 0 Å². The maximum atomic E-state index is 12.2. The van der Waals surface area contributed by atoms with E-state index >= 15 is 0 Å². The number of amides is 1. The Bertz CT molecular complexity index is 718. The number of hydrogen-bond donors (Lipinski definition) is 1. The number of thiophene rings is 1. The lowest BCUT2D eigenvalue weighted by molar-refractivity contribution is -0.125. The number of rotatable bonds is 4. The summed E-state index contributed by atoms with van der Waals surface area (Å²) in [7, 11) is 1.65. The molecular weight excluding hydrogens is 312 g/mol. The van der Waals surface area contributed by atoms with Gasteiger partial charge in [0.1, 0.15) is 5.82 Å². The fourth-order valence-electron chi connectivity index (χ4n) is 2.76. The average molecular weight is 332 g/mol. The van der Waals surface area contributed by atoms with Crippen LogP contribution in [0.15, 0.2) is 34.4 Å². The lowest BCUT2D eigenvalue weighted by atomic mass is 9.96. The van der Waals surface area contributed by atoms with Crippen LogP contribution in [0.4, 0.5) is 5.82 Å². The van der Waals surface area contributed by atoms with Gasteiger partial charge in [0.15, 0.2) is 0 Å². The highest BCUT2D eigenvalue weighted by Crippen LogP contribution is 2.21. The van der Waals surface area contributed by atoms with Crippen LogP contribution in [-0.2, 0) is 18.4 Å². The lowest BCUT2D eigenvalue weighted by Gasteiger charge is -2.32. The Kier molecular flexibility index (Phi) is 4.76. The van der Waals surface area contributed by atoms with Crippen molar-refractivity contribution in [2.75, 3.05) is 18.0 Å². The van der Waals surface area contributed by atoms with Gasteiger partial charge in [0.05, 0.1) is 6.54 Å². The van der Waals surface area contributed by atoms with Gasteiger partial charge in [-0.3, -0.25) is 9.59 Å². The molecule has 1 N–H and O–H groups in total. The second-order valence-corrected chi connectivity index (χ2v) is 6.74. The first-order valence-corrected chi connectivity index (χ1v) is 8.61. The summed E-state index contributed by atoms with van der Waals surface area (Å²) in [6.07, 6.45) is 1.61. The van der Waals surface area contributed by atoms with E-state index in [9.17, 15) is 9.59 Å². The highest BCUT2D eigenvalue weighted by atomic mass is 32.1. The molecule has 7 heteroatoms. The molecule has 0 unspecified atom stereocenters. The number of carbonyl (C=O) groups excluding carboxylic acids is 1. The summed E-state index contributed by atoms with van der Waals surface area (Å²) < 4.78 is 1.34. The van der Waals surface area contributed by atoms with Gasteiger partial charge in [0.2, 0.25) is 5.91 Å². The number of aromatic nitrogens is 2. The molecule has 1 fully saturated rings.